The van der Waals surface area contributed by atoms with Crippen molar-refractivity contribution in [3.8, 4) is 0 Å². The van der Waals surface area contributed by atoms with Gasteiger partial charge in [0, 0.05) is 24.9 Å². The summed E-state index contributed by atoms with van der Waals surface area (Å²) in [6.07, 6.45) is 1.03. The van der Waals surface area contributed by atoms with Gasteiger partial charge < -0.3 is 10.2 Å². The molecule has 1 aromatic rings. The van der Waals surface area contributed by atoms with E-state index < -0.39 is 15.9 Å². The Balaban J connectivity index is 2.38. The summed E-state index contributed by atoms with van der Waals surface area (Å²) >= 11 is 5.85. The number of hydrogen-bond donors (Lipinski definition) is 1. The first-order valence-corrected chi connectivity index (χ1v) is 8.57. The quantitative estimate of drug-likeness (QED) is 0.865. The maximum atomic E-state index is 12.5. The summed E-state index contributed by atoms with van der Waals surface area (Å²) in [6, 6.07) is 3.49. The number of piperazine rings is 1. The van der Waals surface area contributed by atoms with Gasteiger partial charge in [-0.15, -0.1) is 0 Å². The van der Waals surface area contributed by atoms with Crippen LogP contribution in [-0.4, -0.2) is 50.5 Å². The zero-order valence-electron chi connectivity index (χ0n) is 11.6. The van der Waals surface area contributed by atoms with Crippen molar-refractivity contribution in [2.75, 3.05) is 19.3 Å². The lowest BCUT2D eigenvalue weighted by Gasteiger charge is -2.32. The Bertz CT molecular complexity index is 702. The normalized spacial score (nSPS) is 19.3. The molecule has 1 unspecified atom stereocenters. The number of amides is 2. The van der Waals surface area contributed by atoms with E-state index in [4.69, 9.17) is 11.6 Å². The second-order valence-corrected chi connectivity index (χ2v) is 7.27. The van der Waals surface area contributed by atoms with Crippen LogP contribution in [0.5, 0.6) is 0 Å². The molecule has 0 aliphatic carbocycles. The number of carbonyl (C=O) groups excluding carboxylic acids is 2. The predicted octanol–water partition coefficient (Wildman–Crippen LogP) is 0.704. The molecular formula is C13H15ClN2O4S. The van der Waals surface area contributed by atoms with Crippen LogP contribution in [-0.2, 0) is 14.6 Å². The van der Waals surface area contributed by atoms with Gasteiger partial charge in [-0.25, -0.2) is 8.42 Å². The van der Waals surface area contributed by atoms with Crippen molar-refractivity contribution in [1.82, 2.24) is 10.2 Å². The predicted molar refractivity (Wildman–Crippen MR) is 78.1 cm³/mol. The molecule has 1 aromatic carbocycles. The maximum Gasteiger partial charge on any atom is 0.254 e. The van der Waals surface area contributed by atoms with Crippen molar-refractivity contribution in [2.24, 2.45) is 0 Å². The molecule has 1 atom stereocenters. The zero-order chi connectivity index (χ0) is 15.8. The third-order valence-corrected chi connectivity index (χ3v) is 4.92. The van der Waals surface area contributed by atoms with Crippen molar-refractivity contribution in [3.05, 3.63) is 28.8 Å². The lowest BCUT2D eigenvalue weighted by atomic mass is 10.1. The van der Waals surface area contributed by atoms with Crippen LogP contribution in [0.25, 0.3) is 0 Å². The molecule has 114 valence electrons. The first kappa shape index (κ1) is 15.8. The molecule has 0 spiro atoms. The topological polar surface area (TPSA) is 83.6 Å². The fraction of sp³-hybridized carbons (Fsp3) is 0.385. The molecule has 0 aromatic heterocycles. The van der Waals surface area contributed by atoms with Gasteiger partial charge in [0.05, 0.1) is 9.92 Å². The highest BCUT2D eigenvalue weighted by Gasteiger charge is 2.30. The largest absolute Gasteiger partial charge is 0.353 e. The Morgan fingerprint density at radius 1 is 1.43 bits per heavy atom. The molecule has 6 nitrogen and oxygen atoms in total. The highest BCUT2D eigenvalue weighted by Crippen LogP contribution is 2.23. The van der Waals surface area contributed by atoms with Gasteiger partial charge in [-0.1, -0.05) is 11.6 Å². The van der Waals surface area contributed by atoms with Crippen LogP contribution in [0.4, 0.5) is 0 Å². The number of nitrogens with zero attached hydrogens (tertiary/aromatic N) is 1. The second-order valence-electron chi connectivity index (χ2n) is 4.88. The van der Waals surface area contributed by atoms with Gasteiger partial charge in [-0.3, -0.25) is 9.59 Å². The minimum Gasteiger partial charge on any atom is -0.353 e. The second kappa shape index (κ2) is 5.65. The zero-order valence-corrected chi connectivity index (χ0v) is 13.2. The van der Waals surface area contributed by atoms with Gasteiger partial charge in [0.15, 0.2) is 9.84 Å². The average Bonchev–Trinajstić information content (AvgIpc) is 2.40. The van der Waals surface area contributed by atoms with Crippen molar-refractivity contribution in [3.63, 3.8) is 0 Å². The Kier molecular flexibility index (Phi) is 4.25. The van der Waals surface area contributed by atoms with E-state index in [-0.39, 0.29) is 27.3 Å². The van der Waals surface area contributed by atoms with E-state index in [9.17, 15) is 18.0 Å². The van der Waals surface area contributed by atoms with Crippen LogP contribution in [0.15, 0.2) is 23.1 Å². The Hall–Kier alpha value is -1.60. The first-order valence-electron chi connectivity index (χ1n) is 6.30. The Morgan fingerprint density at radius 2 is 2.10 bits per heavy atom. The molecule has 2 rings (SSSR count). The molecule has 21 heavy (non-hydrogen) atoms. The first-order chi connectivity index (χ1) is 9.71. The van der Waals surface area contributed by atoms with Crippen molar-refractivity contribution < 1.29 is 18.0 Å². The van der Waals surface area contributed by atoms with E-state index in [1.807, 2.05) is 0 Å². The number of hydrogen-bond acceptors (Lipinski definition) is 4. The maximum absolute atomic E-state index is 12.5. The standard InChI is InChI=1S/C13H15ClN2O4S/c1-8-12(17)15-5-6-16(8)13(18)9-3-4-10(14)11(7-9)21(2,19)20/h3-4,7-8H,5-6H2,1-2H3,(H,15,17). The van der Waals surface area contributed by atoms with Crippen LogP contribution < -0.4 is 5.32 Å². The van der Waals surface area contributed by atoms with Crippen LogP contribution in [0.2, 0.25) is 5.02 Å². The third-order valence-electron chi connectivity index (χ3n) is 3.34. The monoisotopic (exact) mass is 330 g/mol. The van der Waals surface area contributed by atoms with Crippen molar-refractivity contribution >= 4 is 33.3 Å². The third kappa shape index (κ3) is 3.19. The molecule has 1 heterocycles. The highest BCUT2D eigenvalue weighted by atomic mass is 35.5. The molecule has 1 saturated heterocycles. The average molecular weight is 331 g/mol. The molecule has 0 saturated carbocycles. The van der Waals surface area contributed by atoms with Gasteiger partial charge >= 0.3 is 0 Å². The molecule has 1 N–H and O–H groups in total. The number of halogens is 1. The molecule has 1 fully saturated rings. The number of benzene rings is 1. The minimum absolute atomic E-state index is 0.0680. The summed E-state index contributed by atoms with van der Waals surface area (Å²) in [4.78, 5) is 25.4. The van der Waals surface area contributed by atoms with E-state index in [2.05, 4.69) is 5.32 Å². The van der Waals surface area contributed by atoms with Crippen LogP contribution in [0.3, 0.4) is 0 Å². The van der Waals surface area contributed by atoms with Crippen LogP contribution >= 0.6 is 11.6 Å². The summed E-state index contributed by atoms with van der Waals surface area (Å²) in [7, 11) is -3.53. The molecule has 8 heteroatoms. The van der Waals surface area contributed by atoms with Gasteiger partial charge in [0.2, 0.25) is 5.91 Å². The Morgan fingerprint density at radius 3 is 2.71 bits per heavy atom. The molecule has 2 amide bonds. The summed E-state index contributed by atoms with van der Waals surface area (Å²) < 4.78 is 23.3. The molecule has 1 aliphatic rings. The van der Waals surface area contributed by atoms with Gasteiger partial charge in [-0.05, 0) is 25.1 Å². The summed E-state index contributed by atoms with van der Waals surface area (Å²) in [6.45, 7) is 2.38. The van der Waals surface area contributed by atoms with Gasteiger partial charge in [-0.2, -0.15) is 0 Å². The summed E-state index contributed by atoms with van der Waals surface area (Å²) in [5, 5.41) is 2.73. The fourth-order valence-corrected chi connectivity index (χ4v) is 3.45. The Labute approximate surface area is 128 Å². The van der Waals surface area contributed by atoms with Crippen molar-refractivity contribution in [2.45, 2.75) is 17.9 Å². The van der Waals surface area contributed by atoms with Gasteiger partial charge in [0.1, 0.15) is 6.04 Å². The van der Waals surface area contributed by atoms with E-state index in [0.29, 0.717) is 13.1 Å². The van der Waals surface area contributed by atoms with E-state index in [0.717, 1.165) is 6.26 Å². The number of rotatable bonds is 2. The molecule has 0 bridgehead atoms. The summed E-state index contributed by atoms with van der Waals surface area (Å²) in [5.41, 5.74) is 0.196. The minimum atomic E-state index is -3.53. The lowest BCUT2D eigenvalue weighted by molar-refractivity contribution is -0.127. The van der Waals surface area contributed by atoms with E-state index in [1.165, 1.54) is 23.1 Å². The number of sulfone groups is 1. The van der Waals surface area contributed by atoms with Crippen LogP contribution in [0.1, 0.15) is 17.3 Å². The molecule has 1 aliphatic heterocycles. The number of nitrogens with one attached hydrogen (secondary N) is 1. The smallest absolute Gasteiger partial charge is 0.254 e. The van der Waals surface area contributed by atoms with E-state index >= 15 is 0 Å². The van der Waals surface area contributed by atoms with Gasteiger partial charge in [0.25, 0.3) is 5.91 Å². The number of carbonyl (C=O) groups is 2. The highest BCUT2D eigenvalue weighted by molar-refractivity contribution is 7.90. The van der Waals surface area contributed by atoms with Crippen molar-refractivity contribution in [1.29, 1.82) is 0 Å². The molecule has 0 radical (unpaired) electrons. The van der Waals surface area contributed by atoms with E-state index in [1.54, 1.807) is 6.92 Å². The van der Waals surface area contributed by atoms with Crippen LogP contribution in [0, 0.1) is 0 Å². The SMILES string of the molecule is CC1C(=O)NCCN1C(=O)c1ccc(Cl)c(S(C)(=O)=O)c1. The summed E-state index contributed by atoms with van der Waals surface area (Å²) in [5.74, 6) is -0.620. The molecular weight excluding hydrogens is 316 g/mol. The fourth-order valence-electron chi connectivity index (χ4n) is 2.15. The lowest BCUT2D eigenvalue weighted by Crippen LogP contribution is -2.55.